The van der Waals surface area contributed by atoms with Crippen molar-refractivity contribution in [3.8, 4) is 23.3 Å². The van der Waals surface area contributed by atoms with Crippen molar-refractivity contribution in [1.82, 2.24) is 5.32 Å². The fraction of sp³-hybridized carbons (Fsp3) is 0.467. The number of hydrogen-bond donors (Lipinski definition) is 2. The Morgan fingerprint density at radius 3 is 2.84 bits per heavy atom. The van der Waals surface area contributed by atoms with E-state index in [9.17, 15) is 0 Å². The van der Waals surface area contributed by atoms with Crippen molar-refractivity contribution in [2.24, 2.45) is 5.73 Å². The fourth-order valence-electron chi connectivity index (χ4n) is 2.05. The third-order valence-electron chi connectivity index (χ3n) is 3.02. The van der Waals surface area contributed by atoms with Gasteiger partial charge in [0.05, 0.1) is 0 Å². The van der Waals surface area contributed by atoms with Crippen molar-refractivity contribution in [2.75, 3.05) is 26.3 Å². The molecule has 0 spiro atoms. The molecule has 0 saturated heterocycles. The monoisotopic (exact) mass is 260 g/mol. The van der Waals surface area contributed by atoms with Gasteiger partial charge in [0.2, 0.25) is 0 Å². The number of nitrogens with two attached hydrogens (primary N) is 1. The van der Waals surface area contributed by atoms with Crippen molar-refractivity contribution in [3.05, 3.63) is 23.8 Å². The summed E-state index contributed by atoms with van der Waals surface area (Å²) in [5.41, 5.74) is 6.95. The summed E-state index contributed by atoms with van der Waals surface area (Å²) in [6, 6.07) is 6.10. The molecule has 2 rings (SSSR count). The number of hydrogen-bond acceptors (Lipinski definition) is 4. The predicted octanol–water partition coefficient (Wildman–Crippen LogP) is 1.46. The van der Waals surface area contributed by atoms with Crippen molar-refractivity contribution >= 4 is 0 Å². The zero-order chi connectivity index (χ0) is 13.5. The maximum Gasteiger partial charge on any atom is 0.161 e. The molecule has 0 aliphatic carbocycles. The SMILES string of the molecule is CC#CCCNC(CN)c1ccc2c(c1)OCCO2. The molecule has 4 nitrogen and oxygen atoms in total. The Labute approximate surface area is 114 Å². The maximum absolute atomic E-state index is 5.82. The van der Waals surface area contributed by atoms with E-state index in [1.807, 2.05) is 25.1 Å². The number of fused-ring (bicyclic) bond motifs is 1. The summed E-state index contributed by atoms with van der Waals surface area (Å²) in [4.78, 5) is 0. The first-order valence-electron chi connectivity index (χ1n) is 6.57. The van der Waals surface area contributed by atoms with Crippen LogP contribution in [0.5, 0.6) is 11.5 Å². The number of nitrogens with one attached hydrogen (secondary N) is 1. The topological polar surface area (TPSA) is 56.5 Å². The molecule has 4 heteroatoms. The van der Waals surface area contributed by atoms with Crippen LogP contribution in [0.1, 0.15) is 24.9 Å². The van der Waals surface area contributed by atoms with Crippen LogP contribution >= 0.6 is 0 Å². The Hall–Kier alpha value is -1.70. The van der Waals surface area contributed by atoms with E-state index >= 15 is 0 Å². The lowest BCUT2D eigenvalue weighted by Gasteiger charge is -2.22. The Kier molecular flexibility index (Phi) is 5.08. The average Bonchev–Trinajstić information content (AvgIpc) is 2.47. The smallest absolute Gasteiger partial charge is 0.161 e. The minimum absolute atomic E-state index is 0.120. The van der Waals surface area contributed by atoms with Crippen molar-refractivity contribution < 1.29 is 9.47 Å². The average molecular weight is 260 g/mol. The molecule has 0 aromatic heterocycles. The molecule has 0 amide bonds. The van der Waals surface area contributed by atoms with Crippen LogP contribution in [0.4, 0.5) is 0 Å². The van der Waals surface area contributed by atoms with Gasteiger partial charge in [-0.05, 0) is 24.6 Å². The van der Waals surface area contributed by atoms with Crippen molar-refractivity contribution in [3.63, 3.8) is 0 Å². The molecule has 1 heterocycles. The van der Waals surface area contributed by atoms with Crippen LogP contribution in [0.3, 0.4) is 0 Å². The third kappa shape index (κ3) is 3.63. The first-order chi connectivity index (χ1) is 9.35. The molecular formula is C15H20N2O2. The lowest BCUT2D eigenvalue weighted by atomic mass is 10.1. The minimum Gasteiger partial charge on any atom is -0.486 e. The summed E-state index contributed by atoms with van der Waals surface area (Å²) in [5.74, 6) is 7.52. The molecule has 1 aliphatic heterocycles. The summed E-state index contributed by atoms with van der Waals surface area (Å²) in [6.45, 7) is 4.43. The van der Waals surface area contributed by atoms with Crippen LogP contribution in [-0.2, 0) is 0 Å². The van der Waals surface area contributed by atoms with Gasteiger partial charge in [-0.3, -0.25) is 0 Å². The van der Waals surface area contributed by atoms with Crippen LogP contribution < -0.4 is 20.5 Å². The summed E-state index contributed by atoms with van der Waals surface area (Å²) >= 11 is 0. The first kappa shape index (κ1) is 13.7. The van der Waals surface area contributed by atoms with E-state index in [0.29, 0.717) is 19.8 Å². The maximum atomic E-state index is 5.82. The molecule has 0 fully saturated rings. The van der Waals surface area contributed by atoms with Crippen LogP contribution in [-0.4, -0.2) is 26.3 Å². The fourth-order valence-corrected chi connectivity index (χ4v) is 2.05. The van der Waals surface area contributed by atoms with Gasteiger partial charge in [-0.1, -0.05) is 6.07 Å². The van der Waals surface area contributed by atoms with Gasteiger partial charge in [0.15, 0.2) is 11.5 Å². The quantitative estimate of drug-likeness (QED) is 0.621. The van der Waals surface area contributed by atoms with Crippen LogP contribution in [0, 0.1) is 11.8 Å². The van der Waals surface area contributed by atoms with E-state index in [2.05, 4.69) is 17.2 Å². The molecule has 1 aromatic carbocycles. The Morgan fingerprint density at radius 2 is 2.11 bits per heavy atom. The summed E-state index contributed by atoms with van der Waals surface area (Å²) in [5, 5.41) is 3.40. The van der Waals surface area contributed by atoms with Gasteiger partial charge in [0.25, 0.3) is 0 Å². The number of rotatable bonds is 5. The van der Waals surface area contributed by atoms with Gasteiger partial charge in [0, 0.05) is 25.6 Å². The summed E-state index contributed by atoms with van der Waals surface area (Å²) < 4.78 is 11.1. The lowest BCUT2D eigenvalue weighted by molar-refractivity contribution is 0.171. The van der Waals surface area contributed by atoms with Gasteiger partial charge < -0.3 is 20.5 Å². The number of benzene rings is 1. The van der Waals surface area contributed by atoms with Gasteiger partial charge in [-0.25, -0.2) is 0 Å². The van der Waals surface area contributed by atoms with Gasteiger partial charge in [-0.2, -0.15) is 0 Å². The molecule has 1 atom stereocenters. The minimum atomic E-state index is 0.120. The number of ether oxygens (including phenoxy) is 2. The highest BCUT2D eigenvalue weighted by Gasteiger charge is 2.15. The standard InChI is InChI=1S/C15H20N2O2/c1-2-3-4-7-17-13(11-16)12-5-6-14-15(10-12)19-9-8-18-14/h5-6,10,13,17H,4,7-9,11,16H2,1H3. The van der Waals surface area contributed by atoms with E-state index in [4.69, 9.17) is 15.2 Å². The summed E-state index contributed by atoms with van der Waals surface area (Å²) in [6.07, 6.45) is 0.831. The largest absolute Gasteiger partial charge is 0.486 e. The summed E-state index contributed by atoms with van der Waals surface area (Å²) in [7, 11) is 0. The van der Waals surface area contributed by atoms with Gasteiger partial charge >= 0.3 is 0 Å². The lowest BCUT2D eigenvalue weighted by Crippen LogP contribution is -2.29. The predicted molar refractivity (Wildman–Crippen MR) is 75.3 cm³/mol. The molecule has 3 N–H and O–H groups in total. The van der Waals surface area contributed by atoms with E-state index in [1.165, 1.54) is 0 Å². The van der Waals surface area contributed by atoms with Crippen LogP contribution in [0.15, 0.2) is 18.2 Å². The Balaban J connectivity index is 2.02. The van der Waals surface area contributed by atoms with E-state index in [1.54, 1.807) is 0 Å². The Bertz CT molecular complexity index is 477. The molecular weight excluding hydrogens is 240 g/mol. The third-order valence-corrected chi connectivity index (χ3v) is 3.02. The molecule has 0 radical (unpaired) electrons. The highest BCUT2D eigenvalue weighted by molar-refractivity contribution is 5.44. The van der Waals surface area contributed by atoms with Crippen molar-refractivity contribution in [2.45, 2.75) is 19.4 Å². The van der Waals surface area contributed by atoms with Gasteiger partial charge in [0.1, 0.15) is 13.2 Å². The molecule has 0 bridgehead atoms. The van der Waals surface area contributed by atoms with E-state index in [-0.39, 0.29) is 6.04 Å². The van der Waals surface area contributed by atoms with Crippen LogP contribution in [0.2, 0.25) is 0 Å². The van der Waals surface area contributed by atoms with E-state index < -0.39 is 0 Å². The normalized spacial score (nSPS) is 14.4. The van der Waals surface area contributed by atoms with Crippen molar-refractivity contribution in [1.29, 1.82) is 0 Å². The zero-order valence-electron chi connectivity index (χ0n) is 11.2. The van der Waals surface area contributed by atoms with Gasteiger partial charge in [-0.15, -0.1) is 11.8 Å². The second-order valence-electron chi connectivity index (χ2n) is 4.32. The molecule has 1 aromatic rings. The zero-order valence-corrected chi connectivity index (χ0v) is 11.2. The molecule has 1 unspecified atom stereocenters. The second kappa shape index (κ2) is 7.03. The Morgan fingerprint density at radius 1 is 1.32 bits per heavy atom. The molecule has 0 saturated carbocycles. The molecule has 19 heavy (non-hydrogen) atoms. The highest BCUT2D eigenvalue weighted by atomic mass is 16.6. The van der Waals surface area contributed by atoms with Crippen LogP contribution in [0.25, 0.3) is 0 Å². The highest BCUT2D eigenvalue weighted by Crippen LogP contribution is 2.32. The molecule has 1 aliphatic rings. The second-order valence-corrected chi connectivity index (χ2v) is 4.32. The van der Waals surface area contributed by atoms with E-state index in [0.717, 1.165) is 30.0 Å². The first-order valence-corrected chi connectivity index (χ1v) is 6.57. The molecule has 102 valence electrons.